The lowest BCUT2D eigenvalue weighted by Gasteiger charge is -2.34. The fourth-order valence-corrected chi connectivity index (χ4v) is 6.98. The molecule has 0 radical (unpaired) electrons. The number of phenols is 1. The first-order valence-electron chi connectivity index (χ1n) is 10.7. The number of phenolic OH excluding ortho intramolecular Hbond substituents is 1. The molecule has 1 aromatic heterocycles. The van der Waals surface area contributed by atoms with Crippen molar-refractivity contribution in [2.75, 3.05) is 39.3 Å². The highest BCUT2D eigenvalue weighted by molar-refractivity contribution is 7.89. The molecule has 0 atom stereocenters. The highest BCUT2D eigenvalue weighted by atomic mass is 32.2. The SMILES string of the molecule is CCN(CC)S(=O)(=O)c1cc(C(=O)N2CCN(S(=O)(=O)c3cc(C)ccc3O)CC2)n(C)c1. The summed E-state index contributed by atoms with van der Waals surface area (Å²) in [4.78, 5) is 14.5. The lowest BCUT2D eigenvalue weighted by atomic mass is 10.2. The summed E-state index contributed by atoms with van der Waals surface area (Å²) < 4.78 is 55.6. The molecule has 2 heterocycles. The summed E-state index contributed by atoms with van der Waals surface area (Å²) in [6, 6.07) is 5.76. The van der Waals surface area contributed by atoms with E-state index >= 15 is 0 Å². The Morgan fingerprint density at radius 3 is 2.21 bits per heavy atom. The molecule has 0 aliphatic carbocycles. The Balaban J connectivity index is 1.76. The molecule has 1 amide bonds. The molecule has 0 bridgehead atoms. The molecular formula is C21H30N4O6S2. The van der Waals surface area contributed by atoms with E-state index in [1.165, 1.54) is 42.5 Å². The van der Waals surface area contributed by atoms with Gasteiger partial charge in [0.25, 0.3) is 5.91 Å². The predicted molar refractivity (Wildman–Crippen MR) is 123 cm³/mol. The van der Waals surface area contributed by atoms with Crippen LogP contribution < -0.4 is 0 Å². The van der Waals surface area contributed by atoms with Crippen molar-refractivity contribution in [2.45, 2.75) is 30.6 Å². The number of hydrogen-bond donors (Lipinski definition) is 1. The van der Waals surface area contributed by atoms with E-state index < -0.39 is 20.0 Å². The maximum Gasteiger partial charge on any atom is 0.270 e. The van der Waals surface area contributed by atoms with E-state index in [1.54, 1.807) is 33.9 Å². The van der Waals surface area contributed by atoms with Crippen LogP contribution in [0.15, 0.2) is 40.3 Å². The summed E-state index contributed by atoms with van der Waals surface area (Å²) >= 11 is 0. The lowest BCUT2D eigenvalue weighted by molar-refractivity contribution is 0.0688. The number of carbonyl (C=O) groups is 1. The summed E-state index contributed by atoms with van der Waals surface area (Å²) in [6.07, 6.45) is 1.42. The maximum atomic E-state index is 13.1. The van der Waals surface area contributed by atoms with Crippen molar-refractivity contribution in [3.05, 3.63) is 41.7 Å². The molecule has 1 fully saturated rings. The maximum absolute atomic E-state index is 13.1. The Bertz CT molecular complexity index is 1240. The minimum atomic E-state index is -3.91. The number of piperazine rings is 1. The summed E-state index contributed by atoms with van der Waals surface area (Å²) in [7, 11) is -6.01. The molecule has 3 rings (SSSR count). The zero-order chi connectivity index (χ0) is 24.6. The van der Waals surface area contributed by atoms with Gasteiger partial charge in [0.1, 0.15) is 21.2 Å². The number of rotatable bonds is 7. The molecule has 1 aliphatic rings. The molecule has 0 unspecified atom stereocenters. The number of benzene rings is 1. The van der Waals surface area contributed by atoms with Gasteiger partial charge in [-0.25, -0.2) is 16.8 Å². The number of aromatic hydroxyl groups is 1. The van der Waals surface area contributed by atoms with Crippen LogP contribution in [0.3, 0.4) is 0 Å². The highest BCUT2D eigenvalue weighted by Crippen LogP contribution is 2.28. The fraction of sp³-hybridized carbons (Fsp3) is 0.476. The van der Waals surface area contributed by atoms with Crippen molar-refractivity contribution in [3.8, 4) is 5.75 Å². The minimum Gasteiger partial charge on any atom is -0.507 e. The molecule has 10 nitrogen and oxygen atoms in total. The Morgan fingerprint density at radius 2 is 1.64 bits per heavy atom. The van der Waals surface area contributed by atoms with Crippen LogP contribution in [-0.2, 0) is 27.1 Å². The third kappa shape index (κ3) is 4.79. The molecule has 0 spiro atoms. The van der Waals surface area contributed by atoms with Crippen LogP contribution in [0.2, 0.25) is 0 Å². The van der Waals surface area contributed by atoms with Crippen LogP contribution in [0, 0.1) is 6.92 Å². The molecule has 1 aromatic carbocycles. The van der Waals surface area contributed by atoms with Crippen LogP contribution in [0.1, 0.15) is 29.9 Å². The minimum absolute atomic E-state index is 0.0492. The van der Waals surface area contributed by atoms with Crippen molar-refractivity contribution in [2.24, 2.45) is 7.05 Å². The third-order valence-electron chi connectivity index (χ3n) is 5.80. The first-order chi connectivity index (χ1) is 15.4. The van der Waals surface area contributed by atoms with E-state index in [4.69, 9.17) is 0 Å². The van der Waals surface area contributed by atoms with Gasteiger partial charge in [0.2, 0.25) is 20.0 Å². The van der Waals surface area contributed by atoms with Crippen LogP contribution in [-0.4, -0.2) is 85.2 Å². The fourth-order valence-electron chi connectivity index (χ4n) is 3.86. The molecule has 1 N–H and O–H groups in total. The van der Waals surface area contributed by atoms with Crippen molar-refractivity contribution < 1.29 is 26.7 Å². The number of carbonyl (C=O) groups excluding carboxylic acids is 1. The number of amides is 1. The summed E-state index contributed by atoms with van der Waals surface area (Å²) in [5, 5.41) is 10.0. The molecule has 1 aliphatic heterocycles. The number of nitrogens with zero attached hydrogens (tertiary/aromatic N) is 4. The quantitative estimate of drug-likeness (QED) is 0.613. The molecular weight excluding hydrogens is 468 g/mol. The van der Waals surface area contributed by atoms with E-state index in [9.17, 15) is 26.7 Å². The van der Waals surface area contributed by atoms with Gasteiger partial charge in [-0.3, -0.25) is 4.79 Å². The number of aryl methyl sites for hydroxylation is 2. The van der Waals surface area contributed by atoms with Gasteiger partial charge in [-0.1, -0.05) is 19.9 Å². The third-order valence-corrected chi connectivity index (χ3v) is 9.74. The van der Waals surface area contributed by atoms with Crippen LogP contribution >= 0.6 is 0 Å². The van der Waals surface area contributed by atoms with Gasteiger partial charge < -0.3 is 14.6 Å². The molecule has 12 heteroatoms. The second-order valence-electron chi connectivity index (χ2n) is 7.93. The van der Waals surface area contributed by atoms with E-state index in [1.807, 2.05) is 0 Å². The molecule has 182 valence electrons. The molecule has 1 saturated heterocycles. The monoisotopic (exact) mass is 498 g/mol. The zero-order valence-corrected chi connectivity index (χ0v) is 20.9. The number of sulfonamides is 2. The van der Waals surface area contributed by atoms with E-state index in [0.717, 1.165) is 0 Å². The summed E-state index contributed by atoms with van der Waals surface area (Å²) in [6.45, 7) is 6.31. The smallest absolute Gasteiger partial charge is 0.270 e. The zero-order valence-electron chi connectivity index (χ0n) is 19.2. The lowest BCUT2D eigenvalue weighted by Crippen LogP contribution is -2.50. The normalized spacial score (nSPS) is 15.8. The largest absolute Gasteiger partial charge is 0.507 e. The predicted octanol–water partition coefficient (Wildman–Crippen LogP) is 1.22. The Kier molecular flexibility index (Phi) is 7.22. The topological polar surface area (TPSA) is 120 Å². The van der Waals surface area contributed by atoms with Gasteiger partial charge in [0, 0.05) is 52.5 Å². The standard InChI is InChI=1S/C21H30N4O6S2/c1-5-24(6-2)32(28,29)17-14-18(22(4)15-17)21(27)23-9-11-25(12-10-23)33(30,31)20-13-16(3)7-8-19(20)26/h7-8,13-15,26H,5-6,9-12H2,1-4H3. The van der Waals surface area contributed by atoms with Crippen molar-refractivity contribution in [3.63, 3.8) is 0 Å². The average Bonchev–Trinajstić information content (AvgIpc) is 3.18. The Labute approximate surface area is 195 Å². The Morgan fingerprint density at radius 1 is 1.03 bits per heavy atom. The van der Waals surface area contributed by atoms with Crippen LogP contribution in [0.25, 0.3) is 0 Å². The van der Waals surface area contributed by atoms with Crippen molar-refractivity contribution in [1.82, 2.24) is 18.1 Å². The molecule has 0 saturated carbocycles. The second-order valence-corrected chi connectivity index (χ2v) is 11.8. The molecule has 33 heavy (non-hydrogen) atoms. The van der Waals surface area contributed by atoms with Gasteiger partial charge in [-0.15, -0.1) is 0 Å². The van der Waals surface area contributed by atoms with E-state index in [2.05, 4.69) is 0 Å². The van der Waals surface area contributed by atoms with Crippen molar-refractivity contribution >= 4 is 26.0 Å². The molecule has 2 aromatic rings. The average molecular weight is 499 g/mol. The highest BCUT2D eigenvalue weighted by Gasteiger charge is 2.33. The number of hydrogen-bond acceptors (Lipinski definition) is 6. The summed E-state index contributed by atoms with van der Waals surface area (Å²) in [5.74, 6) is -0.682. The van der Waals surface area contributed by atoms with Gasteiger partial charge in [0.15, 0.2) is 0 Å². The number of aromatic nitrogens is 1. The van der Waals surface area contributed by atoms with Gasteiger partial charge in [0.05, 0.1) is 0 Å². The van der Waals surface area contributed by atoms with Gasteiger partial charge >= 0.3 is 0 Å². The van der Waals surface area contributed by atoms with Gasteiger partial charge in [-0.2, -0.15) is 8.61 Å². The van der Waals surface area contributed by atoms with E-state index in [-0.39, 0.29) is 53.3 Å². The first-order valence-corrected chi connectivity index (χ1v) is 13.6. The van der Waals surface area contributed by atoms with Crippen molar-refractivity contribution in [1.29, 1.82) is 0 Å². The van der Waals surface area contributed by atoms with Gasteiger partial charge in [-0.05, 0) is 30.7 Å². The summed E-state index contributed by atoms with van der Waals surface area (Å²) in [5.41, 5.74) is 0.924. The second kappa shape index (κ2) is 9.45. The van der Waals surface area contributed by atoms with Crippen LogP contribution in [0.4, 0.5) is 0 Å². The Hall–Kier alpha value is -2.41. The first kappa shape index (κ1) is 25.2. The van der Waals surface area contributed by atoms with Crippen LogP contribution in [0.5, 0.6) is 5.75 Å². The van der Waals surface area contributed by atoms with E-state index in [0.29, 0.717) is 18.7 Å².